The van der Waals surface area contributed by atoms with Gasteiger partial charge >= 0.3 is 0 Å². The average Bonchev–Trinajstić information content (AvgIpc) is 3.40. The lowest BCUT2D eigenvalue weighted by molar-refractivity contribution is -0.111. The quantitative estimate of drug-likeness (QED) is 0.310. The van der Waals surface area contributed by atoms with Crippen LogP contribution in [0.4, 0.5) is 17.2 Å². The second-order valence-corrected chi connectivity index (χ2v) is 8.93. The molecule has 192 valence electrons. The summed E-state index contributed by atoms with van der Waals surface area (Å²) in [5.74, 6) is 3.59. The molecule has 1 unspecified atom stereocenters. The Morgan fingerprint density at radius 2 is 2.08 bits per heavy atom. The van der Waals surface area contributed by atoms with E-state index in [0.29, 0.717) is 42.5 Å². The minimum atomic E-state index is -0.234. The highest BCUT2D eigenvalue weighted by molar-refractivity contribution is 6.03. The molecule has 1 fully saturated rings. The third-order valence-corrected chi connectivity index (χ3v) is 6.21. The first kappa shape index (κ1) is 26.1. The maximum atomic E-state index is 12.8. The van der Waals surface area contributed by atoms with E-state index in [1.165, 1.54) is 6.33 Å². The van der Waals surface area contributed by atoms with Gasteiger partial charge in [0.15, 0.2) is 0 Å². The average molecular weight is 500 g/mol. The van der Waals surface area contributed by atoms with Gasteiger partial charge in [0.1, 0.15) is 24.0 Å². The van der Waals surface area contributed by atoms with Crippen LogP contribution < -0.4 is 15.4 Å². The Hall–Kier alpha value is -3.93. The SMILES string of the molecule is C#Cc1cc(C)cc(Nc2ncnc3cc(OC4CCOC4)c(NC(=O)/C=C/CN(CC)CC)cc23)c1. The summed E-state index contributed by atoms with van der Waals surface area (Å²) >= 11 is 0. The molecular weight excluding hydrogens is 466 g/mol. The number of rotatable bonds is 10. The molecule has 2 aromatic carbocycles. The second-order valence-electron chi connectivity index (χ2n) is 8.93. The first-order chi connectivity index (χ1) is 18.0. The topological polar surface area (TPSA) is 88.6 Å². The largest absolute Gasteiger partial charge is 0.486 e. The number of nitrogens with zero attached hydrogens (tertiary/aromatic N) is 3. The standard InChI is InChI=1S/C29H33N5O3/c1-5-21-13-20(4)14-22(15-21)32-29-24-16-26(33-28(35)9-8-11-34(6-2)7-3)27(17-25(24)30-19-31-29)37-23-10-12-36-18-23/h1,8-9,13-17,19,23H,6-7,10-12,18H2,2-4H3,(H,33,35)(H,30,31,32)/b9-8+. The van der Waals surface area contributed by atoms with Crippen LogP contribution >= 0.6 is 0 Å². The number of amides is 1. The predicted octanol–water partition coefficient (Wildman–Crippen LogP) is 4.67. The van der Waals surface area contributed by atoms with Crippen LogP contribution in [0.25, 0.3) is 10.9 Å². The smallest absolute Gasteiger partial charge is 0.248 e. The molecule has 1 aromatic heterocycles. The number of anilines is 3. The predicted molar refractivity (Wildman–Crippen MR) is 147 cm³/mol. The van der Waals surface area contributed by atoms with Gasteiger partial charge in [0, 0.05) is 41.7 Å². The summed E-state index contributed by atoms with van der Waals surface area (Å²) in [6.45, 7) is 9.90. The van der Waals surface area contributed by atoms with Crippen molar-refractivity contribution >= 4 is 34.0 Å². The number of carbonyl (C=O) groups is 1. The van der Waals surface area contributed by atoms with E-state index < -0.39 is 0 Å². The Balaban J connectivity index is 1.66. The van der Waals surface area contributed by atoms with Crippen LogP contribution in [-0.2, 0) is 9.53 Å². The van der Waals surface area contributed by atoms with E-state index in [1.54, 1.807) is 6.08 Å². The molecule has 1 atom stereocenters. The van der Waals surface area contributed by atoms with Gasteiger partial charge in [-0.05, 0) is 49.8 Å². The molecule has 2 N–H and O–H groups in total. The van der Waals surface area contributed by atoms with E-state index in [9.17, 15) is 4.79 Å². The number of likely N-dealkylation sites (N-methyl/N-ethyl adjacent to an activating group) is 1. The Kier molecular flexibility index (Phi) is 8.72. The second kappa shape index (κ2) is 12.3. The van der Waals surface area contributed by atoms with Crippen LogP contribution in [0.2, 0.25) is 0 Å². The summed E-state index contributed by atoms with van der Waals surface area (Å²) in [4.78, 5) is 24.0. The highest BCUT2D eigenvalue weighted by Gasteiger charge is 2.20. The lowest BCUT2D eigenvalue weighted by Gasteiger charge is -2.18. The summed E-state index contributed by atoms with van der Waals surface area (Å²) in [5.41, 5.74) is 3.87. The highest BCUT2D eigenvalue weighted by atomic mass is 16.5. The first-order valence-corrected chi connectivity index (χ1v) is 12.6. The first-order valence-electron chi connectivity index (χ1n) is 12.6. The summed E-state index contributed by atoms with van der Waals surface area (Å²) in [7, 11) is 0. The van der Waals surface area contributed by atoms with Crippen molar-refractivity contribution in [2.24, 2.45) is 0 Å². The molecule has 1 saturated heterocycles. The summed E-state index contributed by atoms with van der Waals surface area (Å²) in [6, 6.07) is 9.51. The van der Waals surface area contributed by atoms with Crippen LogP contribution in [0.1, 0.15) is 31.4 Å². The number of hydrogen-bond donors (Lipinski definition) is 2. The molecule has 2 heterocycles. The van der Waals surface area contributed by atoms with Gasteiger partial charge in [-0.1, -0.05) is 25.8 Å². The lowest BCUT2D eigenvalue weighted by atomic mass is 10.1. The Morgan fingerprint density at radius 1 is 1.24 bits per heavy atom. The van der Waals surface area contributed by atoms with Crippen molar-refractivity contribution in [3.8, 4) is 18.1 Å². The number of aromatic nitrogens is 2. The van der Waals surface area contributed by atoms with Gasteiger partial charge < -0.3 is 25.0 Å². The normalized spacial score (nSPS) is 15.3. The molecule has 0 spiro atoms. The van der Waals surface area contributed by atoms with Gasteiger partial charge in [0.05, 0.1) is 24.4 Å². The van der Waals surface area contributed by atoms with Crippen LogP contribution in [-0.4, -0.2) is 59.7 Å². The van der Waals surface area contributed by atoms with Gasteiger partial charge in [-0.15, -0.1) is 6.42 Å². The zero-order chi connectivity index (χ0) is 26.2. The molecule has 1 amide bonds. The number of carbonyl (C=O) groups excluding carboxylic acids is 1. The minimum absolute atomic E-state index is 0.0831. The molecule has 37 heavy (non-hydrogen) atoms. The van der Waals surface area contributed by atoms with E-state index in [0.717, 1.165) is 41.7 Å². The van der Waals surface area contributed by atoms with Gasteiger partial charge in [-0.25, -0.2) is 9.97 Å². The number of fused-ring (bicyclic) bond motifs is 1. The molecule has 1 aliphatic heterocycles. The number of nitrogens with one attached hydrogen (secondary N) is 2. The van der Waals surface area contributed by atoms with Gasteiger partial charge in [0.25, 0.3) is 0 Å². The fraction of sp³-hybridized carbons (Fsp3) is 0.345. The van der Waals surface area contributed by atoms with E-state index in [-0.39, 0.29) is 12.0 Å². The molecule has 1 aliphatic rings. The third-order valence-electron chi connectivity index (χ3n) is 6.21. The maximum Gasteiger partial charge on any atom is 0.248 e. The summed E-state index contributed by atoms with van der Waals surface area (Å²) in [6.07, 6.45) is 11.2. The van der Waals surface area contributed by atoms with Crippen molar-refractivity contribution in [1.82, 2.24) is 14.9 Å². The van der Waals surface area contributed by atoms with Crippen LogP contribution in [0.3, 0.4) is 0 Å². The van der Waals surface area contributed by atoms with Gasteiger partial charge in [0.2, 0.25) is 5.91 Å². The van der Waals surface area contributed by atoms with Crippen molar-refractivity contribution in [2.45, 2.75) is 33.3 Å². The summed E-state index contributed by atoms with van der Waals surface area (Å²) in [5, 5.41) is 7.08. The van der Waals surface area contributed by atoms with Crippen molar-refractivity contribution in [1.29, 1.82) is 0 Å². The number of aryl methyl sites for hydroxylation is 1. The zero-order valence-corrected chi connectivity index (χ0v) is 21.6. The molecular formula is C29H33N5O3. The Bertz CT molecular complexity index is 1320. The lowest BCUT2D eigenvalue weighted by Crippen LogP contribution is -2.23. The van der Waals surface area contributed by atoms with E-state index >= 15 is 0 Å². The number of ether oxygens (including phenoxy) is 2. The molecule has 8 heteroatoms. The molecule has 8 nitrogen and oxygen atoms in total. The van der Waals surface area contributed by atoms with E-state index in [4.69, 9.17) is 15.9 Å². The molecule has 0 radical (unpaired) electrons. The fourth-order valence-corrected chi connectivity index (χ4v) is 4.20. The zero-order valence-electron chi connectivity index (χ0n) is 21.6. The number of benzene rings is 2. The Labute approximate surface area is 218 Å². The van der Waals surface area contributed by atoms with Crippen molar-refractivity contribution in [3.63, 3.8) is 0 Å². The van der Waals surface area contributed by atoms with Gasteiger partial charge in [-0.3, -0.25) is 4.79 Å². The third kappa shape index (κ3) is 6.85. The van der Waals surface area contributed by atoms with Crippen LogP contribution in [0, 0.1) is 19.3 Å². The van der Waals surface area contributed by atoms with E-state index in [1.807, 2.05) is 43.3 Å². The van der Waals surface area contributed by atoms with Crippen molar-refractivity contribution < 1.29 is 14.3 Å². The number of terminal acetylenes is 1. The summed E-state index contributed by atoms with van der Waals surface area (Å²) < 4.78 is 11.7. The van der Waals surface area contributed by atoms with Crippen molar-refractivity contribution in [2.75, 3.05) is 43.5 Å². The fourth-order valence-electron chi connectivity index (χ4n) is 4.20. The van der Waals surface area contributed by atoms with Crippen LogP contribution in [0.15, 0.2) is 48.8 Å². The molecule has 3 aromatic rings. The molecule has 0 bridgehead atoms. The Morgan fingerprint density at radius 3 is 2.81 bits per heavy atom. The monoisotopic (exact) mass is 499 g/mol. The van der Waals surface area contributed by atoms with E-state index in [2.05, 4.69) is 45.3 Å². The maximum absolute atomic E-state index is 12.8. The van der Waals surface area contributed by atoms with Crippen molar-refractivity contribution in [3.05, 3.63) is 59.9 Å². The molecule has 0 aliphatic carbocycles. The molecule has 0 saturated carbocycles. The van der Waals surface area contributed by atoms with Gasteiger partial charge in [-0.2, -0.15) is 0 Å². The minimum Gasteiger partial charge on any atom is -0.486 e. The van der Waals surface area contributed by atoms with Crippen LogP contribution in [0.5, 0.6) is 5.75 Å². The number of hydrogen-bond acceptors (Lipinski definition) is 7. The molecule has 4 rings (SSSR count). The highest BCUT2D eigenvalue weighted by Crippen LogP contribution is 2.35.